The van der Waals surface area contributed by atoms with E-state index in [2.05, 4.69) is 11.0 Å². The lowest BCUT2D eigenvalue weighted by molar-refractivity contribution is -0.141. The van der Waals surface area contributed by atoms with Crippen molar-refractivity contribution in [1.29, 1.82) is 0 Å². The van der Waals surface area contributed by atoms with E-state index in [1.165, 1.54) is 11.2 Å². The molecule has 0 bridgehead atoms. The number of hydrazine groups is 1. The van der Waals surface area contributed by atoms with E-state index in [0.29, 0.717) is 18.5 Å². The quantitative estimate of drug-likeness (QED) is 0.482. The first-order valence-corrected chi connectivity index (χ1v) is 7.38. The number of carboxylic acids is 1. The normalized spacial score (nSPS) is 17.0. The lowest BCUT2D eigenvalue weighted by Gasteiger charge is -2.26. The molecule has 0 spiro atoms. The molecule has 0 aliphatic carbocycles. The van der Waals surface area contributed by atoms with Gasteiger partial charge in [-0.05, 0) is 19.0 Å². The molecule has 1 atom stereocenters. The molecule has 0 radical (unpaired) electrons. The zero-order valence-electron chi connectivity index (χ0n) is 10.1. The van der Waals surface area contributed by atoms with E-state index in [1.54, 1.807) is 0 Å². The third-order valence-corrected chi connectivity index (χ3v) is 3.33. The minimum atomic E-state index is -4.40. The number of nitrogens with zero attached hydrogens (tertiary/aromatic N) is 2. The molecule has 0 saturated carbocycles. The summed E-state index contributed by atoms with van der Waals surface area (Å²) in [6.07, 6.45) is 1.49. The van der Waals surface area contributed by atoms with Gasteiger partial charge < -0.3 is 30.9 Å². The molecule has 1 unspecified atom stereocenters. The van der Waals surface area contributed by atoms with Gasteiger partial charge in [0.1, 0.15) is 0 Å². The minimum absolute atomic E-state index is 0.136. The van der Waals surface area contributed by atoms with Gasteiger partial charge in [-0.25, -0.2) is 0 Å². The number of halogens is 1. The Morgan fingerprint density at radius 3 is 2.79 bits per heavy atom. The van der Waals surface area contributed by atoms with Gasteiger partial charge in [0.25, 0.3) is 0 Å². The molecule has 19 heavy (non-hydrogen) atoms. The summed E-state index contributed by atoms with van der Waals surface area (Å²) in [6.45, 7) is -0.605. The number of hydrogen-bond acceptors (Lipinski definition) is 4. The van der Waals surface area contributed by atoms with Crippen molar-refractivity contribution in [2.24, 2.45) is 5.92 Å². The van der Waals surface area contributed by atoms with E-state index < -0.39 is 32.3 Å². The molecule has 4 N–H and O–H groups in total. The number of alkyl halides is 1. The topological polar surface area (TPSA) is 124 Å². The maximum absolute atomic E-state index is 12.0. The fourth-order valence-corrected chi connectivity index (χ4v) is 2.41. The molecular weight excluding hydrogens is 280 g/mol. The summed E-state index contributed by atoms with van der Waals surface area (Å²) in [5.41, 5.74) is 6.93. The van der Waals surface area contributed by atoms with Crippen molar-refractivity contribution in [2.45, 2.75) is 12.8 Å². The van der Waals surface area contributed by atoms with E-state index in [4.69, 9.17) is 14.9 Å². The van der Waals surface area contributed by atoms with E-state index in [-0.39, 0.29) is 6.54 Å². The van der Waals surface area contributed by atoms with Crippen LogP contribution in [-0.4, -0.2) is 45.3 Å². The highest BCUT2D eigenvalue weighted by atomic mass is 31.2. The van der Waals surface area contributed by atoms with Crippen LogP contribution in [0.25, 0.3) is 5.43 Å². The summed E-state index contributed by atoms with van der Waals surface area (Å²) in [5, 5.41) is 10.2. The van der Waals surface area contributed by atoms with Crippen LogP contribution < -0.4 is 5.53 Å². The predicted octanol–water partition coefficient (Wildman–Crippen LogP) is 0.565. The minimum Gasteiger partial charge on any atom is -0.606 e. The first-order valence-electron chi connectivity index (χ1n) is 5.59. The van der Waals surface area contributed by atoms with Crippen molar-refractivity contribution in [2.75, 3.05) is 19.4 Å². The Balaban J connectivity index is 2.54. The van der Waals surface area contributed by atoms with E-state index >= 15 is 0 Å². The van der Waals surface area contributed by atoms with Crippen molar-refractivity contribution in [1.82, 2.24) is 10.5 Å². The van der Waals surface area contributed by atoms with Crippen molar-refractivity contribution < 1.29 is 28.6 Å². The maximum atomic E-state index is 12.0. The van der Waals surface area contributed by atoms with Gasteiger partial charge in [0.05, 0.1) is 18.8 Å². The van der Waals surface area contributed by atoms with Gasteiger partial charge in [-0.15, -0.1) is 5.70 Å². The number of carbonyl (C=O) groups is 1. The summed E-state index contributed by atoms with van der Waals surface area (Å²) in [4.78, 5) is 28.5. The third-order valence-electron chi connectivity index (χ3n) is 2.42. The van der Waals surface area contributed by atoms with Crippen LogP contribution in [0, 0.1) is 5.92 Å². The fraction of sp³-hybridized carbons (Fsp3) is 0.667. The number of nitrogens with one attached hydrogen (secondary N) is 1. The Kier molecular flexibility index (Phi) is 5.74. The standard InChI is InChI=1S/C9H16FN3O5P/c10-3-1-2-8-5-13(12-11-8)4-7(9(14)15)6-19(16,17)18/h5,7,12H,1-4,6H2,(H,14,15)(H2,16,17,18)/q-1. The van der Waals surface area contributed by atoms with Crippen molar-refractivity contribution in [3.8, 4) is 0 Å². The molecule has 1 heterocycles. The van der Waals surface area contributed by atoms with Crippen molar-refractivity contribution >= 4 is 13.6 Å². The van der Waals surface area contributed by atoms with Crippen molar-refractivity contribution in [3.63, 3.8) is 0 Å². The van der Waals surface area contributed by atoms with E-state index in [9.17, 15) is 13.8 Å². The third kappa shape index (κ3) is 6.02. The molecule has 0 fully saturated rings. The van der Waals surface area contributed by atoms with Crippen LogP contribution >= 0.6 is 7.60 Å². The monoisotopic (exact) mass is 296 g/mol. The van der Waals surface area contributed by atoms with Gasteiger partial charge in [-0.2, -0.15) is 0 Å². The zero-order valence-corrected chi connectivity index (χ0v) is 11.0. The maximum Gasteiger partial charge on any atom is 0.326 e. The largest absolute Gasteiger partial charge is 0.606 e. The molecule has 1 rings (SSSR count). The van der Waals surface area contributed by atoms with Crippen LogP contribution in [0.15, 0.2) is 11.9 Å². The molecule has 10 heteroatoms. The second kappa shape index (κ2) is 6.85. The van der Waals surface area contributed by atoms with Crippen LogP contribution in [0.5, 0.6) is 0 Å². The Morgan fingerprint density at radius 2 is 2.26 bits per heavy atom. The lowest BCUT2D eigenvalue weighted by atomic mass is 10.2. The molecule has 1 aliphatic rings. The second-order valence-corrected chi connectivity index (χ2v) is 5.85. The second-order valence-electron chi connectivity index (χ2n) is 4.16. The number of allylic oxidation sites excluding steroid dienone is 1. The molecule has 8 nitrogen and oxygen atoms in total. The Hall–Kier alpha value is -1.15. The molecule has 0 saturated heterocycles. The van der Waals surface area contributed by atoms with Gasteiger partial charge in [-0.3, -0.25) is 13.8 Å². The fourth-order valence-electron chi connectivity index (χ4n) is 1.57. The van der Waals surface area contributed by atoms with Gasteiger partial charge in [-0.1, -0.05) is 0 Å². The molecule has 110 valence electrons. The molecule has 0 amide bonds. The van der Waals surface area contributed by atoms with Gasteiger partial charge in [0, 0.05) is 6.54 Å². The molecule has 0 aromatic rings. The molecule has 1 aliphatic heterocycles. The smallest absolute Gasteiger partial charge is 0.326 e. The Bertz CT molecular complexity index is 399. The first kappa shape index (κ1) is 15.9. The average Bonchev–Trinajstić information content (AvgIpc) is 2.71. The van der Waals surface area contributed by atoms with Crippen LogP contribution in [0.1, 0.15) is 12.8 Å². The molecule has 0 aromatic heterocycles. The summed E-state index contributed by atoms with van der Waals surface area (Å²) in [5.74, 6) is -2.52. The highest BCUT2D eigenvalue weighted by molar-refractivity contribution is 7.51. The summed E-state index contributed by atoms with van der Waals surface area (Å²) in [6, 6.07) is 0. The average molecular weight is 296 g/mol. The Labute approximate surface area is 109 Å². The van der Waals surface area contributed by atoms with Crippen LogP contribution in [0.3, 0.4) is 0 Å². The number of carboxylic acid groups (broad SMARTS) is 1. The van der Waals surface area contributed by atoms with E-state index in [1.807, 2.05) is 0 Å². The van der Waals surface area contributed by atoms with Gasteiger partial charge in [0.15, 0.2) is 0 Å². The number of rotatable bonds is 8. The lowest BCUT2D eigenvalue weighted by Crippen LogP contribution is -2.36. The SMILES string of the molecule is O=C(O)C(CN1C=C(CCCF)[N-]N1)CP(=O)(O)O. The van der Waals surface area contributed by atoms with E-state index in [0.717, 1.165) is 0 Å². The zero-order chi connectivity index (χ0) is 14.5. The number of hydrogen-bond donors (Lipinski definition) is 4. The van der Waals surface area contributed by atoms with Crippen LogP contribution in [0.4, 0.5) is 4.39 Å². The summed E-state index contributed by atoms with van der Waals surface area (Å²) in [7, 11) is -4.40. The Morgan fingerprint density at radius 1 is 1.58 bits per heavy atom. The highest BCUT2D eigenvalue weighted by Gasteiger charge is 2.28. The van der Waals surface area contributed by atoms with Gasteiger partial charge >= 0.3 is 13.6 Å². The summed E-state index contributed by atoms with van der Waals surface area (Å²) >= 11 is 0. The van der Waals surface area contributed by atoms with Crippen LogP contribution in [0.2, 0.25) is 0 Å². The predicted molar refractivity (Wildman–Crippen MR) is 64.5 cm³/mol. The highest BCUT2D eigenvalue weighted by Crippen LogP contribution is 2.37. The number of aliphatic carboxylic acids is 1. The molecule has 0 aromatic carbocycles. The molecular formula is C9H16FN3O5P-. The first-order chi connectivity index (χ1) is 8.81. The van der Waals surface area contributed by atoms with Crippen molar-refractivity contribution in [3.05, 3.63) is 17.3 Å². The van der Waals surface area contributed by atoms with Crippen LogP contribution in [-0.2, 0) is 9.36 Å². The summed E-state index contributed by atoms with van der Waals surface area (Å²) < 4.78 is 22.8. The van der Waals surface area contributed by atoms with Gasteiger partial charge in [0.2, 0.25) is 0 Å².